The smallest absolute Gasteiger partial charge is 0.191 e. The molecule has 0 aliphatic rings. The Morgan fingerprint density at radius 2 is 2.08 bits per heavy atom. The molecule has 0 spiro atoms. The van der Waals surface area contributed by atoms with Crippen molar-refractivity contribution in [2.75, 3.05) is 13.1 Å². The second kappa shape index (κ2) is 10.2. The number of thiophene rings is 1. The van der Waals surface area contributed by atoms with Crippen LogP contribution >= 0.6 is 46.7 Å². The molecule has 8 heteroatoms. The van der Waals surface area contributed by atoms with Crippen molar-refractivity contribution >= 4 is 62.7 Å². The Morgan fingerprint density at radius 1 is 1.27 bits per heavy atom. The van der Waals surface area contributed by atoms with E-state index in [4.69, 9.17) is 0 Å². The van der Waals surface area contributed by atoms with E-state index in [-0.39, 0.29) is 24.0 Å². The van der Waals surface area contributed by atoms with Crippen LogP contribution in [0.15, 0.2) is 41.5 Å². The first-order valence-electron chi connectivity index (χ1n) is 8.25. The Hall–Kier alpha value is -1.23. The molecule has 1 aromatic carbocycles. The maximum atomic E-state index is 10.5. The standard InChI is InChI=1S/C18H22N4OS2.HI/c1-3-19-18(22-11-17-20-9-12(2)24-17)21-10-14(23)16-8-13-6-4-5-7-15(13)25-16;/h4-9,14,23H,3,10-11H2,1-2H3,(H2,19,21,22);1H. The van der Waals surface area contributed by atoms with E-state index < -0.39 is 6.10 Å². The normalized spacial score (nSPS) is 12.7. The van der Waals surface area contributed by atoms with Gasteiger partial charge in [0.1, 0.15) is 11.1 Å². The van der Waals surface area contributed by atoms with E-state index in [2.05, 4.69) is 38.8 Å². The second-order valence-corrected chi connectivity index (χ2v) is 8.08. The highest BCUT2D eigenvalue weighted by atomic mass is 127. The number of fused-ring (bicyclic) bond motifs is 1. The largest absolute Gasteiger partial charge is 0.386 e. The van der Waals surface area contributed by atoms with Gasteiger partial charge in [-0.15, -0.1) is 46.7 Å². The van der Waals surface area contributed by atoms with Crippen molar-refractivity contribution in [2.45, 2.75) is 26.5 Å². The summed E-state index contributed by atoms with van der Waals surface area (Å²) in [6.07, 6.45) is 1.30. The van der Waals surface area contributed by atoms with Crippen LogP contribution in [0.25, 0.3) is 10.1 Å². The lowest BCUT2D eigenvalue weighted by Gasteiger charge is -2.14. The molecule has 3 aromatic rings. The third-order valence-electron chi connectivity index (χ3n) is 3.62. The molecule has 0 aliphatic heterocycles. The molecule has 0 radical (unpaired) electrons. The maximum absolute atomic E-state index is 10.5. The van der Waals surface area contributed by atoms with Crippen LogP contribution in [0.3, 0.4) is 0 Å². The average Bonchev–Trinajstić information content (AvgIpc) is 3.23. The Morgan fingerprint density at radius 3 is 2.77 bits per heavy atom. The van der Waals surface area contributed by atoms with Gasteiger partial charge in [-0.1, -0.05) is 18.2 Å². The molecule has 5 nitrogen and oxygen atoms in total. The second-order valence-electron chi connectivity index (χ2n) is 5.64. The van der Waals surface area contributed by atoms with Crippen LogP contribution < -0.4 is 10.6 Å². The minimum absolute atomic E-state index is 0. The highest BCUT2D eigenvalue weighted by Gasteiger charge is 2.12. The first-order chi connectivity index (χ1) is 12.2. The number of hydrogen-bond acceptors (Lipinski definition) is 5. The predicted octanol–water partition coefficient (Wildman–Crippen LogP) is 4.07. The van der Waals surface area contributed by atoms with E-state index >= 15 is 0 Å². The number of aliphatic imine (C=N–C) groups is 1. The van der Waals surface area contributed by atoms with Gasteiger partial charge in [0.15, 0.2) is 5.96 Å². The summed E-state index contributed by atoms with van der Waals surface area (Å²) in [7, 11) is 0. The summed E-state index contributed by atoms with van der Waals surface area (Å²) in [6, 6.07) is 10.2. The lowest BCUT2D eigenvalue weighted by atomic mass is 10.2. The monoisotopic (exact) mass is 502 g/mol. The lowest BCUT2D eigenvalue weighted by molar-refractivity contribution is 0.184. The molecule has 26 heavy (non-hydrogen) atoms. The van der Waals surface area contributed by atoms with Crippen LogP contribution in [0.2, 0.25) is 0 Å². The minimum atomic E-state index is -0.566. The summed E-state index contributed by atoms with van der Waals surface area (Å²) in [5, 5.41) is 19.0. The van der Waals surface area contributed by atoms with E-state index in [1.54, 1.807) is 22.7 Å². The Bertz CT molecular complexity index is 829. The molecule has 2 aromatic heterocycles. The average molecular weight is 502 g/mol. The molecule has 0 aliphatic carbocycles. The van der Waals surface area contributed by atoms with Crippen LogP contribution in [0.4, 0.5) is 0 Å². The molecule has 0 amide bonds. The Balaban J connectivity index is 0.00000243. The van der Waals surface area contributed by atoms with Crippen molar-refractivity contribution < 1.29 is 5.11 Å². The third-order valence-corrected chi connectivity index (χ3v) is 5.74. The molecule has 3 N–H and O–H groups in total. The summed E-state index contributed by atoms with van der Waals surface area (Å²) in [6.45, 7) is 5.77. The van der Waals surface area contributed by atoms with Crippen molar-refractivity contribution in [3.05, 3.63) is 51.3 Å². The zero-order valence-corrected chi connectivity index (χ0v) is 18.7. The number of halogens is 1. The summed E-state index contributed by atoms with van der Waals surface area (Å²) < 4.78 is 1.19. The van der Waals surface area contributed by atoms with E-state index in [9.17, 15) is 5.11 Å². The first-order valence-corrected chi connectivity index (χ1v) is 9.89. The number of benzene rings is 1. The lowest BCUT2D eigenvalue weighted by Crippen LogP contribution is -2.39. The number of hydrogen-bond donors (Lipinski definition) is 3. The van der Waals surface area contributed by atoms with E-state index in [1.165, 1.54) is 15.0 Å². The van der Waals surface area contributed by atoms with Gasteiger partial charge in [0.05, 0.1) is 6.54 Å². The maximum Gasteiger partial charge on any atom is 0.191 e. The van der Waals surface area contributed by atoms with Gasteiger partial charge in [-0.3, -0.25) is 0 Å². The third kappa shape index (κ3) is 5.63. The fraction of sp³-hybridized carbons (Fsp3) is 0.333. The highest BCUT2D eigenvalue weighted by molar-refractivity contribution is 14.0. The molecule has 3 rings (SSSR count). The van der Waals surface area contributed by atoms with E-state index in [1.807, 2.05) is 32.2 Å². The first kappa shape index (κ1) is 21.1. The number of aliphatic hydroxyl groups excluding tert-OH is 1. The zero-order chi connectivity index (χ0) is 17.6. The molecule has 0 saturated carbocycles. The van der Waals surface area contributed by atoms with Crippen LogP contribution in [-0.2, 0) is 6.54 Å². The fourth-order valence-corrected chi connectivity index (χ4v) is 4.19. The summed E-state index contributed by atoms with van der Waals surface area (Å²) in [5.74, 6) is 0.690. The van der Waals surface area contributed by atoms with Crippen molar-refractivity contribution in [1.82, 2.24) is 15.6 Å². The number of nitrogens with zero attached hydrogens (tertiary/aromatic N) is 2. The quantitative estimate of drug-likeness (QED) is 0.270. The van der Waals surface area contributed by atoms with Gasteiger partial charge in [-0.25, -0.2) is 9.98 Å². The topological polar surface area (TPSA) is 69.5 Å². The number of aromatic nitrogens is 1. The van der Waals surface area contributed by atoms with E-state index in [0.717, 1.165) is 16.4 Å². The van der Waals surface area contributed by atoms with Crippen molar-refractivity contribution in [3.63, 3.8) is 0 Å². The number of thiazole rings is 1. The van der Waals surface area contributed by atoms with Crippen molar-refractivity contribution in [3.8, 4) is 0 Å². The van der Waals surface area contributed by atoms with Crippen LogP contribution in [0.1, 0.15) is 27.8 Å². The Kier molecular flexibility index (Phi) is 8.26. The molecule has 1 unspecified atom stereocenters. The summed E-state index contributed by atoms with van der Waals surface area (Å²) in [4.78, 5) is 11.0. The summed E-state index contributed by atoms with van der Waals surface area (Å²) in [5.41, 5.74) is 0. The van der Waals surface area contributed by atoms with Crippen molar-refractivity contribution in [1.29, 1.82) is 0 Å². The van der Waals surface area contributed by atoms with Gasteiger partial charge in [-0.05, 0) is 31.4 Å². The number of nitrogens with one attached hydrogen (secondary N) is 2. The molecular formula is C18H23IN4OS2. The molecule has 0 bridgehead atoms. The molecule has 1 atom stereocenters. The highest BCUT2D eigenvalue weighted by Crippen LogP contribution is 2.29. The van der Waals surface area contributed by atoms with Gasteiger partial charge >= 0.3 is 0 Å². The molecular weight excluding hydrogens is 479 g/mol. The van der Waals surface area contributed by atoms with Gasteiger partial charge in [0.25, 0.3) is 0 Å². The Labute approximate surface area is 178 Å². The van der Waals surface area contributed by atoms with Crippen molar-refractivity contribution in [2.24, 2.45) is 4.99 Å². The number of rotatable bonds is 6. The van der Waals surface area contributed by atoms with Gasteiger partial charge in [0, 0.05) is 33.7 Å². The van der Waals surface area contributed by atoms with Gasteiger partial charge in [0.2, 0.25) is 0 Å². The minimum Gasteiger partial charge on any atom is -0.386 e. The zero-order valence-electron chi connectivity index (χ0n) is 14.7. The van der Waals surface area contributed by atoms with Gasteiger partial charge < -0.3 is 15.7 Å². The summed E-state index contributed by atoms with van der Waals surface area (Å²) >= 11 is 3.27. The number of aliphatic hydroxyl groups is 1. The fourth-order valence-electron chi connectivity index (χ4n) is 2.42. The molecule has 140 valence electrons. The SMILES string of the molecule is CCNC(=NCc1ncc(C)s1)NCC(O)c1cc2ccccc2s1.I. The van der Waals surface area contributed by atoms with Crippen LogP contribution in [0, 0.1) is 6.92 Å². The molecule has 0 fully saturated rings. The molecule has 2 heterocycles. The predicted molar refractivity (Wildman–Crippen MR) is 122 cm³/mol. The van der Waals surface area contributed by atoms with Gasteiger partial charge in [-0.2, -0.15) is 0 Å². The van der Waals surface area contributed by atoms with Crippen LogP contribution in [0.5, 0.6) is 0 Å². The number of aryl methyl sites for hydroxylation is 1. The number of guanidine groups is 1. The van der Waals surface area contributed by atoms with Crippen LogP contribution in [-0.4, -0.2) is 29.1 Å². The van der Waals surface area contributed by atoms with E-state index in [0.29, 0.717) is 19.0 Å². The molecule has 0 saturated heterocycles.